The van der Waals surface area contributed by atoms with Gasteiger partial charge in [-0.15, -0.1) is 6.58 Å². The van der Waals surface area contributed by atoms with E-state index in [-0.39, 0.29) is 6.04 Å². The van der Waals surface area contributed by atoms with Gasteiger partial charge in [0, 0.05) is 6.20 Å². The maximum Gasteiger partial charge on any atom is 0.126 e. The van der Waals surface area contributed by atoms with Crippen molar-refractivity contribution in [3.63, 3.8) is 0 Å². The summed E-state index contributed by atoms with van der Waals surface area (Å²) in [5.41, 5.74) is 3.64. The van der Waals surface area contributed by atoms with E-state index in [0.29, 0.717) is 0 Å². The lowest BCUT2D eigenvalue weighted by molar-refractivity contribution is 0.956. The Balaban J connectivity index is 2.22. The molecular formula is C16H18N2. The fraction of sp³-hybridized carbons (Fsp3) is 0.188. The van der Waals surface area contributed by atoms with Crippen LogP contribution in [0.3, 0.4) is 0 Å². The molecule has 0 spiro atoms. The van der Waals surface area contributed by atoms with Gasteiger partial charge in [-0.3, -0.25) is 0 Å². The standard InChI is InChI=1S/C16H18N2/c1-4-15(14-8-6-5-7-13(14)3)18-16-10-9-12(2)11-17-16/h4-11,15H,1H2,2-3H3,(H,17,18). The van der Waals surface area contributed by atoms with Crippen LogP contribution in [0.15, 0.2) is 55.3 Å². The molecule has 92 valence electrons. The molecule has 1 aromatic carbocycles. The van der Waals surface area contributed by atoms with E-state index in [1.54, 1.807) is 0 Å². The number of rotatable bonds is 4. The minimum Gasteiger partial charge on any atom is -0.360 e. The molecular weight excluding hydrogens is 220 g/mol. The van der Waals surface area contributed by atoms with Crippen LogP contribution in [0.5, 0.6) is 0 Å². The highest BCUT2D eigenvalue weighted by atomic mass is 15.0. The van der Waals surface area contributed by atoms with Gasteiger partial charge in [0.25, 0.3) is 0 Å². The Hall–Kier alpha value is -2.09. The first-order valence-electron chi connectivity index (χ1n) is 6.08. The summed E-state index contributed by atoms with van der Waals surface area (Å²) >= 11 is 0. The predicted octanol–water partition coefficient (Wildman–Crippen LogP) is 4.04. The van der Waals surface area contributed by atoms with E-state index in [2.05, 4.69) is 35.9 Å². The first-order valence-corrected chi connectivity index (χ1v) is 6.08. The van der Waals surface area contributed by atoms with E-state index in [9.17, 15) is 0 Å². The van der Waals surface area contributed by atoms with E-state index in [1.807, 2.05) is 43.5 Å². The number of aryl methyl sites for hydroxylation is 2. The molecule has 2 aromatic rings. The SMILES string of the molecule is C=CC(Nc1ccc(C)cn1)c1ccccc1C. The van der Waals surface area contributed by atoms with Gasteiger partial charge in [-0.25, -0.2) is 4.98 Å². The summed E-state index contributed by atoms with van der Waals surface area (Å²) in [5, 5.41) is 3.38. The molecule has 0 saturated carbocycles. The van der Waals surface area contributed by atoms with Crippen molar-refractivity contribution in [2.75, 3.05) is 5.32 Å². The Morgan fingerprint density at radius 2 is 1.94 bits per heavy atom. The molecule has 1 aromatic heterocycles. The van der Waals surface area contributed by atoms with Crippen LogP contribution in [0, 0.1) is 13.8 Å². The number of anilines is 1. The van der Waals surface area contributed by atoms with Gasteiger partial charge >= 0.3 is 0 Å². The van der Waals surface area contributed by atoms with Crippen molar-refractivity contribution in [2.24, 2.45) is 0 Å². The van der Waals surface area contributed by atoms with E-state index in [4.69, 9.17) is 0 Å². The maximum atomic E-state index is 4.36. The third-order valence-corrected chi connectivity index (χ3v) is 2.97. The van der Waals surface area contributed by atoms with Crippen molar-refractivity contribution in [3.05, 3.63) is 71.9 Å². The number of hydrogen-bond donors (Lipinski definition) is 1. The monoisotopic (exact) mass is 238 g/mol. The second-order valence-corrected chi connectivity index (χ2v) is 4.44. The fourth-order valence-electron chi connectivity index (χ4n) is 1.91. The minimum absolute atomic E-state index is 0.0846. The second-order valence-electron chi connectivity index (χ2n) is 4.44. The topological polar surface area (TPSA) is 24.9 Å². The summed E-state index contributed by atoms with van der Waals surface area (Å²) in [6.45, 7) is 8.04. The number of nitrogens with one attached hydrogen (secondary N) is 1. The van der Waals surface area contributed by atoms with Gasteiger partial charge in [0.1, 0.15) is 5.82 Å². The average molecular weight is 238 g/mol. The Morgan fingerprint density at radius 1 is 1.17 bits per heavy atom. The number of pyridine rings is 1. The zero-order chi connectivity index (χ0) is 13.0. The summed E-state index contributed by atoms with van der Waals surface area (Å²) in [5.74, 6) is 0.869. The Morgan fingerprint density at radius 3 is 2.56 bits per heavy atom. The van der Waals surface area contributed by atoms with Crippen LogP contribution in [-0.4, -0.2) is 4.98 Å². The molecule has 0 bridgehead atoms. The van der Waals surface area contributed by atoms with Crippen molar-refractivity contribution in [1.29, 1.82) is 0 Å². The molecule has 2 heteroatoms. The van der Waals surface area contributed by atoms with Crippen molar-refractivity contribution in [3.8, 4) is 0 Å². The van der Waals surface area contributed by atoms with Crippen molar-refractivity contribution >= 4 is 5.82 Å². The molecule has 1 unspecified atom stereocenters. The molecule has 1 heterocycles. The third-order valence-electron chi connectivity index (χ3n) is 2.97. The van der Waals surface area contributed by atoms with Gasteiger partial charge in [-0.05, 0) is 36.6 Å². The van der Waals surface area contributed by atoms with Crippen molar-refractivity contribution in [2.45, 2.75) is 19.9 Å². The molecule has 18 heavy (non-hydrogen) atoms. The zero-order valence-electron chi connectivity index (χ0n) is 10.9. The Labute approximate surface area is 108 Å². The molecule has 0 aliphatic heterocycles. The Kier molecular flexibility index (Phi) is 3.78. The summed E-state index contributed by atoms with van der Waals surface area (Å²) in [6, 6.07) is 12.4. The molecule has 0 aliphatic rings. The number of aromatic nitrogens is 1. The van der Waals surface area contributed by atoms with Gasteiger partial charge in [-0.2, -0.15) is 0 Å². The first-order chi connectivity index (χ1) is 8.70. The normalized spacial score (nSPS) is 11.9. The molecule has 1 atom stereocenters. The molecule has 2 rings (SSSR count). The highest BCUT2D eigenvalue weighted by Gasteiger charge is 2.09. The lowest BCUT2D eigenvalue weighted by atomic mass is 10.0. The van der Waals surface area contributed by atoms with Crippen LogP contribution >= 0.6 is 0 Å². The third kappa shape index (κ3) is 2.77. The zero-order valence-corrected chi connectivity index (χ0v) is 10.9. The van der Waals surface area contributed by atoms with Crippen LogP contribution in [0.4, 0.5) is 5.82 Å². The average Bonchev–Trinajstić information content (AvgIpc) is 2.39. The second kappa shape index (κ2) is 5.50. The van der Waals surface area contributed by atoms with Crippen molar-refractivity contribution in [1.82, 2.24) is 4.98 Å². The molecule has 0 amide bonds. The first kappa shape index (κ1) is 12.4. The van der Waals surface area contributed by atoms with E-state index in [0.717, 1.165) is 11.4 Å². The number of benzene rings is 1. The lowest BCUT2D eigenvalue weighted by Crippen LogP contribution is -2.10. The van der Waals surface area contributed by atoms with Gasteiger partial charge in [-0.1, -0.05) is 36.4 Å². The van der Waals surface area contributed by atoms with Crippen LogP contribution < -0.4 is 5.32 Å². The molecule has 1 N–H and O–H groups in total. The maximum absolute atomic E-state index is 4.36. The quantitative estimate of drug-likeness (QED) is 0.813. The van der Waals surface area contributed by atoms with Gasteiger partial charge in [0.2, 0.25) is 0 Å². The molecule has 0 aliphatic carbocycles. The van der Waals surface area contributed by atoms with Crippen LogP contribution in [0.25, 0.3) is 0 Å². The summed E-state index contributed by atoms with van der Waals surface area (Å²) < 4.78 is 0. The van der Waals surface area contributed by atoms with Crippen LogP contribution in [0.2, 0.25) is 0 Å². The van der Waals surface area contributed by atoms with Crippen LogP contribution in [0.1, 0.15) is 22.7 Å². The van der Waals surface area contributed by atoms with Crippen molar-refractivity contribution < 1.29 is 0 Å². The van der Waals surface area contributed by atoms with Gasteiger partial charge < -0.3 is 5.32 Å². The van der Waals surface area contributed by atoms with Gasteiger partial charge in [0.15, 0.2) is 0 Å². The molecule has 0 radical (unpaired) electrons. The molecule has 0 fully saturated rings. The summed E-state index contributed by atoms with van der Waals surface area (Å²) in [6.07, 6.45) is 3.77. The highest BCUT2D eigenvalue weighted by Crippen LogP contribution is 2.22. The highest BCUT2D eigenvalue weighted by molar-refractivity contribution is 5.43. The number of nitrogens with zero attached hydrogens (tertiary/aromatic N) is 1. The molecule has 0 saturated heterocycles. The smallest absolute Gasteiger partial charge is 0.126 e. The summed E-state index contributed by atoms with van der Waals surface area (Å²) in [7, 11) is 0. The fourth-order valence-corrected chi connectivity index (χ4v) is 1.91. The minimum atomic E-state index is 0.0846. The van der Waals surface area contributed by atoms with Crippen LogP contribution in [-0.2, 0) is 0 Å². The van der Waals surface area contributed by atoms with E-state index in [1.165, 1.54) is 11.1 Å². The van der Waals surface area contributed by atoms with E-state index < -0.39 is 0 Å². The predicted molar refractivity (Wildman–Crippen MR) is 76.7 cm³/mol. The molecule has 2 nitrogen and oxygen atoms in total. The largest absolute Gasteiger partial charge is 0.360 e. The Bertz CT molecular complexity index is 529. The van der Waals surface area contributed by atoms with Gasteiger partial charge in [0.05, 0.1) is 6.04 Å². The summed E-state index contributed by atoms with van der Waals surface area (Å²) in [4.78, 5) is 4.36. The lowest BCUT2D eigenvalue weighted by Gasteiger charge is -2.18. The number of hydrogen-bond acceptors (Lipinski definition) is 2. The van der Waals surface area contributed by atoms with E-state index >= 15 is 0 Å².